The van der Waals surface area contributed by atoms with Gasteiger partial charge >= 0.3 is 5.91 Å². The Balaban J connectivity index is 1.63. The zero-order chi connectivity index (χ0) is 26.0. The molecule has 6 rings (SSSR count). The van der Waals surface area contributed by atoms with Gasteiger partial charge in [-0.15, -0.1) is 0 Å². The second-order valence-electron chi connectivity index (χ2n) is 9.12. The number of amides is 1. The molecular formula is C28H21ClN4O3S. The Morgan fingerprint density at radius 2 is 1.84 bits per heavy atom. The first kappa shape index (κ1) is 23.4. The lowest BCUT2D eigenvalue weighted by Crippen LogP contribution is -2.29. The van der Waals surface area contributed by atoms with Crippen LogP contribution in [0, 0.1) is 20.8 Å². The van der Waals surface area contributed by atoms with E-state index < -0.39 is 17.7 Å². The summed E-state index contributed by atoms with van der Waals surface area (Å²) >= 11 is 7.66. The van der Waals surface area contributed by atoms with Crippen LogP contribution in [0.4, 0.5) is 5.13 Å². The Kier molecular flexibility index (Phi) is 5.40. The number of aliphatic hydroxyl groups excluding tert-OH is 1. The van der Waals surface area contributed by atoms with Gasteiger partial charge in [0.15, 0.2) is 10.9 Å². The van der Waals surface area contributed by atoms with Crippen molar-refractivity contribution in [1.82, 2.24) is 14.4 Å². The molecule has 1 fully saturated rings. The number of nitrogens with zero attached hydrogens (tertiary/aromatic N) is 4. The molecule has 3 aromatic heterocycles. The second kappa shape index (κ2) is 8.54. The fraction of sp³-hybridized carbons (Fsp3) is 0.143. The molecule has 4 heterocycles. The predicted molar refractivity (Wildman–Crippen MR) is 145 cm³/mol. The summed E-state index contributed by atoms with van der Waals surface area (Å²) in [6.45, 7) is 5.72. The number of pyridine rings is 1. The van der Waals surface area contributed by atoms with E-state index in [9.17, 15) is 14.7 Å². The van der Waals surface area contributed by atoms with Crippen LogP contribution >= 0.6 is 22.9 Å². The summed E-state index contributed by atoms with van der Waals surface area (Å²) in [5.74, 6) is -1.85. The topological polar surface area (TPSA) is 87.8 Å². The summed E-state index contributed by atoms with van der Waals surface area (Å²) in [4.78, 5) is 37.8. The van der Waals surface area contributed by atoms with Crippen LogP contribution in [0.2, 0.25) is 5.02 Å². The van der Waals surface area contributed by atoms with E-state index >= 15 is 0 Å². The Bertz CT molecular complexity index is 1800. The van der Waals surface area contributed by atoms with E-state index in [-0.39, 0.29) is 11.3 Å². The average molecular weight is 529 g/mol. The molecule has 0 aliphatic carbocycles. The number of carbonyl (C=O) groups is 2. The number of Topliss-reactive ketones (excluding diaryl/α,β-unsaturated/α-hetero) is 1. The lowest BCUT2D eigenvalue weighted by atomic mass is 9.96. The summed E-state index contributed by atoms with van der Waals surface area (Å²) in [5.41, 5.74) is 4.90. The number of hydrogen-bond acceptors (Lipinski definition) is 6. The maximum Gasteiger partial charge on any atom is 0.301 e. The molecule has 1 aliphatic heterocycles. The van der Waals surface area contributed by atoms with Crippen molar-refractivity contribution >= 4 is 61.4 Å². The first-order valence-electron chi connectivity index (χ1n) is 11.6. The van der Waals surface area contributed by atoms with Crippen molar-refractivity contribution in [3.63, 3.8) is 0 Å². The number of thiazole rings is 1. The Labute approximate surface area is 221 Å². The third-order valence-electron chi connectivity index (χ3n) is 6.56. The number of halogens is 1. The van der Waals surface area contributed by atoms with Gasteiger partial charge in [-0.2, -0.15) is 0 Å². The molecule has 1 aliphatic rings. The van der Waals surface area contributed by atoms with Gasteiger partial charge in [0.1, 0.15) is 11.3 Å². The van der Waals surface area contributed by atoms with Crippen LogP contribution in [0.1, 0.15) is 34.1 Å². The Hall–Kier alpha value is -4.01. The quantitative estimate of drug-likeness (QED) is 0.172. The van der Waals surface area contributed by atoms with Gasteiger partial charge in [0, 0.05) is 11.2 Å². The number of ketones is 1. The minimum Gasteiger partial charge on any atom is -0.505 e. The van der Waals surface area contributed by atoms with Crippen LogP contribution in [-0.2, 0) is 9.59 Å². The van der Waals surface area contributed by atoms with Crippen molar-refractivity contribution in [1.29, 1.82) is 0 Å². The number of hydrogen-bond donors (Lipinski definition) is 1. The normalized spacial score (nSPS) is 17.4. The molecule has 0 radical (unpaired) electrons. The molecule has 7 nitrogen and oxygen atoms in total. The predicted octanol–water partition coefficient (Wildman–Crippen LogP) is 6.15. The number of imidazole rings is 1. The molecule has 1 atom stereocenters. The van der Waals surface area contributed by atoms with Crippen molar-refractivity contribution in [2.75, 3.05) is 4.90 Å². The van der Waals surface area contributed by atoms with Crippen molar-refractivity contribution < 1.29 is 14.7 Å². The second-order valence-corrected chi connectivity index (χ2v) is 10.6. The molecule has 1 saturated heterocycles. The summed E-state index contributed by atoms with van der Waals surface area (Å²) in [6, 6.07) is 15.5. The number of carbonyl (C=O) groups excluding carboxylic acids is 2. The number of aryl methyl sites for hydroxylation is 3. The maximum absolute atomic E-state index is 13.6. The molecule has 0 saturated carbocycles. The zero-order valence-corrected chi connectivity index (χ0v) is 21.8. The van der Waals surface area contributed by atoms with Crippen LogP contribution in [0.15, 0.2) is 66.4 Å². The number of aromatic nitrogens is 3. The SMILES string of the molecule is Cc1cc(C)c2nc(N3C(=O)C(=O)C(=C(O)c4c(C)nc5ccccn45)C3c3cccc(Cl)c3)sc2c1. The Morgan fingerprint density at radius 1 is 1.03 bits per heavy atom. The molecule has 9 heteroatoms. The molecule has 1 N–H and O–H groups in total. The van der Waals surface area contributed by atoms with Crippen LogP contribution < -0.4 is 4.90 Å². The van der Waals surface area contributed by atoms with E-state index in [0.29, 0.717) is 32.8 Å². The van der Waals surface area contributed by atoms with Gasteiger partial charge < -0.3 is 5.11 Å². The summed E-state index contributed by atoms with van der Waals surface area (Å²) in [7, 11) is 0. The van der Waals surface area contributed by atoms with Crippen LogP contribution in [0.5, 0.6) is 0 Å². The van der Waals surface area contributed by atoms with Crippen molar-refractivity contribution in [3.05, 3.63) is 99.5 Å². The molecule has 2 aromatic carbocycles. The molecule has 0 bridgehead atoms. The molecule has 1 amide bonds. The van der Waals surface area contributed by atoms with Crippen LogP contribution in [0.25, 0.3) is 21.6 Å². The minimum atomic E-state index is -0.922. The van der Waals surface area contributed by atoms with E-state index in [0.717, 1.165) is 21.3 Å². The van der Waals surface area contributed by atoms with Crippen LogP contribution in [-0.4, -0.2) is 31.2 Å². The standard InChI is InChI=1S/C28H21ClN4O3S/c1-14-11-15(2)22-19(12-14)37-28(31-22)33-24(17-7-6-8-18(29)13-17)21(26(35)27(33)36)25(34)23-16(3)30-20-9-4-5-10-32(20)23/h4-13,24,34H,1-3H3. The number of aliphatic hydroxyl groups is 1. The molecule has 5 aromatic rings. The van der Waals surface area contributed by atoms with Gasteiger partial charge in [-0.05, 0) is 67.8 Å². The van der Waals surface area contributed by atoms with E-state index in [4.69, 9.17) is 16.6 Å². The largest absolute Gasteiger partial charge is 0.505 e. The molecule has 0 spiro atoms. The summed E-state index contributed by atoms with van der Waals surface area (Å²) < 4.78 is 2.62. The fourth-order valence-corrected chi connectivity index (χ4v) is 6.38. The monoisotopic (exact) mass is 528 g/mol. The lowest BCUT2D eigenvalue weighted by Gasteiger charge is -2.23. The highest BCUT2D eigenvalue weighted by atomic mass is 35.5. The number of anilines is 1. The highest BCUT2D eigenvalue weighted by molar-refractivity contribution is 7.22. The van der Waals surface area contributed by atoms with Gasteiger partial charge in [0.2, 0.25) is 0 Å². The van der Waals surface area contributed by atoms with E-state index in [1.165, 1.54) is 16.2 Å². The van der Waals surface area contributed by atoms with E-state index in [1.807, 2.05) is 44.2 Å². The molecule has 1 unspecified atom stereocenters. The Morgan fingerprint density at radius 3 is 2.62 bits per heavy atom. The smallest absolute Gasteiger partial charge is 0.301 e. The third kappa shape index (κ3) is 3.63. The van der Waals surface area contributed by atoms with Gasteiger partial charge in [-0.1, -0.05) is 47.2 Å². The highest BCUT2D eigenvalue weighted by Gasteiger charge is 2.48. The van der Waals surface area contributed by atoms with Crippen molar-refractivity contribution in [2.24, 2.45) is 0 Å². The highest BCUT2D eigenvalue weighted by Crippen LogP contribution is 2.45. The average Bonchev–Trinajstić information content (AvgIpc) is 3.50. The number of rotatable bonds is 3. The minimum absolute atomic E-state index is 0.0341. The third-order valence-corrected chi connectivity index (χ3v) is 7.80. The van der Waals surface area contributed by atoms with Gasteiger partial charge in [0.25, 0.3) is 5.78 Å². The van der Waals surface area contributed by atoms with E-state index in [2.05, 4.69) is 4.98 Å². The van der Waals surface area contributed by atoms with Crippen molar-refractivity contribution in [3.8, 4) is 0 Å². The first-order valence-corrected chi connectivity index (χ1v) is 12.8. The first-order chi connectivity index (χ1) is 17.7. The molecule has 184 valence electrons. The van der Waals surface area contributed by atoms with Crippen LogP contribution in [0.3, 0.4) is 0 Å². The van der Waals surface area contributed by atoms with Gasteiger partial charge in [0.05, 0.1) is 27.5 Å². The fourth-order valence-electron chi connectivity index (χ4n) is 5.01. The number of benzene rings is 2. The maximum atomic E-state index is 13.6. The lowest BCUT2D eigenvalue weighted by molar-refractivity contribution is -0.132. The summed E-state index contributed by atoms with van der Waals surface area (Å²) in [5, 5.41) is 12.5. The molecular weight excluding hydrogens is 508 g/mol. The van der Waals surface area contributed by atoms with Gasteiger partial charge in [-0.25, -0.2) is 9.97 Å². The van der Waals surface area contributed by atoms with Gasteiger partial charge in [-0.3, -0.25) is 18.9 Å². The molecule has 37 heavy (non-hydrogen) atoms. The summed E-state index contributed by atoms with van der Waals surface area (Å²) in [6.07, 6.45) is 1.76. The zero-order valence-electron chi connectivity index (χ0n) is 20.2. The number of fused-ring (bicyclic) bond motifs is 2. The van der Waals surface area contributed by atoms with E-state index in [1.54, 1.807) is 41.8 Å². The van der Waals surface area contributed by atoms with Crippen molar-refractivity contribution in [2.45, 2.75) is 26.8 Å².